The number of aliphatic hydroxyl groups excluding tert-OH is 1. The van der Waals surface area contributed by atoms with Gasteiger partial charge < -0.3 is 9.84 Å². The minimum absolute atomic E-state index is 0.0326. The van der Waals surface area contributed by atoms with Crippen LogP contribution >= 0.6 is 0 Å². The van der Waals surface area contributed by atoms with E-state index in [0.717, 1.165) is 29.7 Å². The number of benzene rings is 2. The summed E-state index contributed by atoms with van der Waals surface area (Å²) in [4.78, 5) is 32.3. The fraction of sp³-hybridized carbons (Fsp3) is 0.222. The molecule has 1 saturated heterocycles. The van der Waals surface area contributed by atoms with Gasteiger partial charge in [0.2, 0.25) is 0 Å². The summed E-state index contributed by atoms with van der Waals surface area (Å²) in [6, 6.07) is 17.4. The lowest BCUT2D eigenvalue weighted by atomic mass is 9.96. The van der Waals surface area contributed by atoms with Crippen LogP contribution in [0.4, 0.5) is 5.69 Å². The molecule has 3 heterocycles. The number of rotatable bonds is 4. The van der Waals surface area contributed by atoms with E-state index < -0.39 is 17.7 Å². The van der Waals surface area contributed by atoms with E-state index in [-0.39, 0.29) is 17.4 Å². The topological polar surface area (TPSA) is 79.7 Å². The van der Waals surface area contributed by atoms with Crippen LogP contribution in [0.3, 0.4) is 0 Å². The summed E-state index contributed by atoms with van der Waals surface area (Å²) in [7, 11) is 0. The second-order valence-electron chi connectivity index (χ2n) is 8.40. The van der Waals surface area contributed by atoms with Crippen LogP contribution in [0.15, 0.2) is 72.4 Å². The summed E-state index contributed by atoms with van der Waals surface area (Å²) >= 11 is 0. The molecule has 1 N–H and O–H groups in total. The second kappa shape index (κ2) is 8.20. The standard InChI is InChI=1S/C27H24N2O4/c1-3-17-7-10-20(11-8-17)29-24(21-6-4-5-13-28-21)23(26(31)27(29)32)25(30)18-9-12-22-19(15-18)14-16(2)33-22/h4-13,15-16,24,30H,3,14H2,1-2H3/b25-23-. The number of ether oxygens (including phenoxy) is 1. The van der Waals surface area contributed by atoms with Gasteiger partial charge in [0.05, 0.1) is 11.3 Å². The first kappa shape index (κ1) is 20.9. The van der Waals surface area contributed by atoms with Gasteiger partial charge >= 0.3 is 0 Å². The van der Waals surface area contributed by atoms with Crippen molar-refractivity contribution >= 4 is 23.1 Å². The lowest BCUT2D eigenvalue weighted by Gasteiger charge is -2.24. The molecule has 2 aliphatic heterocycles. The van der Waals surface area contributed by atoms with Crippen molar-refractivity contribution in [3.8, 4) is 5.75 Å². The summed E-state index contributed by atoms with van der Waals surface area (Å²) in [6.45, 7) is 4.04. The zero-order valence-electron chi connectivity index (χ0n) is 18.5. The zero-order chi connectivity index (χ0) is 23.1. The molecule has 3 aromatic rings. The smallest absolute Gasteiger partial charge is 0.300 e. The first-order valence-corrected chi connectivity index (χ1v) is 11.1. The van der Waals surface area contributed by atoms with Crippen molar-refractivity contribution in [2.75, 3.05) is 4.90 Å². The van der Waals surface area contributed by atoms with Gasteiger partial charge in [-0.3, -0.25) is 19.5 Å². The van der Waals surface area contributed by atoms with Gasteiger partial charge in [0.1, 0.15) is 23.7 Å². The van der Waals surface area contributed by atoms with Crippen LogP contribution in [0.1, 0.15) is 42.3 Å². The molecule has 33 heavy (non-hydrogen) atoms. The van der Waals surface area contributed by atoms with Crippen molar-refractivity contribution in [1.82, 2.24) is 4.98 Å². The molecule has 0 spiro atoms. The number of hydrogen-bond acceptors (Lipinski definition) is 5. The van der Waals surface area contributed by atoms with Crippen molar-refractivity contribution in [2.45, 2.75) is 38.8 Å². The van der Waals surface area contributed by atoms with Gasteiger partial charge in [0.15, 0.2) is 0 Å². The van der Waals surface area contributed by atoms with Gasteiger partial charge in [-0.1, -0.05) is 25.1 Å². The maximum atomic E-state index is 13.2. The molecule has 6 heteroatoms. The van der Waals surface area contributed by atoms with E-state index in [4.69, 9.17) is 4.74 Å². The predicted molar refractivity (Wildman–Crippen MR) is 125 cm³/mol. The molecule has 0 bridgehead atoms. The molecule has 0 saturated carbocycles. The molecule has 6 nitrogen and oxygen atoms in total. The highest BCUT2D eigenvalue weighted by Crippen LogP contribution is 2.42. The number of aliphatic hydroxyl groups is 1. The lowest BCUT2D eigenvalue weighted by molar-refractivity contribution is -0.132. The van der Waals surface area contributed by atoms with Crippen molar-refractivity contribution in [2.24, 2.45) is 0 Å². The molecule has 0 radical (unpaired) electrons. The van der Waals surface area contributed by atoms with Gasteiger partial charge in [0, 0.05) is 23.9 Å². The fourth-order valence-electron chi connectivity index (χ4n) is 4.53. The number of Topliss-reactive ketones (excluding diaryl/α,β-unsaturated/α-hetero) is 1. The van der Waals surface area contributed by atoms with Crippen molar-refractivity contribution < 1.29 is 19.4 Å². The third-order valence-corrected chi connectivity index (χ3v) is 6.20. The number of aryl methyl sites for hydroxylation is 1. The minimum Gasteiger partial charge on any atom is -0.507 e. The number of carbonyl (C=O) groups excluding carboxylic acids is 2. The Morgan fingerprint density at radius 2 is 1.91 bits per heavy atom. The van der Waals surface area contributed by atoms with Crippen LogP contribution in [0.2, 0.25) is 0 Å². The number of carbonyl (C=O) groups is 2. The molecule has 166 valence electrons. The Labute approximate surface area is 192 Å². The Hall–Kier alpha value is -3.93. The van der Waals surface area contributed by atoms with E-state index in [1.165, 1.54) is 4.90 Å². The SMILES string of the molecule is CCc1ccc(N2C(=O)C(=O)/C(=C(\O)c3ccc4c(c3)CC(C)O4)C2c2ccccn2)cc1. The molecular formula is C27H24N2O4. The molecule has 2 aromatic carbocycles. The summed E-state index contributed by atoms with van der Waals surface area (Å²) in [5, 5.41) is 11.3. The molecule has 1 fully saturated rings. The van der Waals surface area contributed by atoms with E-state index in [2.05, 4.69) is 11.9 Å². The molecule has 2 aliphatic rings. The maximum absolute atomic E-state index is 13.2. The minimum atomic E-state index is -0.831. The van der Waals surface area contributed by atoms with Gasteiger partial charge in [-0.25, -0.2) is 0 Å². The largest absolute Gasteiger partial charge is 0.507 e. The number of pyridine rings is 1. The summed E-state index contributed by atoms with van der Waals surface area (Å²) in [6.07, 6.45) is 3.26. The molecule has 2 atom stereocenters. The number of aromatic nitrogens is 1. The number of hydrogen-bond donors (Lipinski definition) is 1. The normalized spacial score (nSPS) is 21.2. The number of fused-ring (bicyclic) bond motifs is 1. The Balaban J connectivity index is 1.66. The lowest BCUT2D eigenvalue weighted by Crippen LogP contribution is -2.29. The highest BCUT2D eigenvalue weighted by atomic mass is 16.5. The number of amides is 1. The van der Waals surface area contributed by atoms with Crippen LogP contribution in [0, 0.1) is 0 Å². The Bertz CT molecular complexity index is 1270. The van der Waals surface area contributed by atoms with Crippen molar-refractivity contribution in [3.63, 3.8) is 0 Å². The quantitative estimate of drug-likeness (QED) is 0.365. The Kier molecular flexibility index (Phi) is 5.21. The van der Waals surface area contributed by atoms with Crippen LogP contribution in [-0.2, 0) is 22.4 Å². The molecule has 0 aliphatic carbocycles. The first-order chi connectivity index (χ1) is 16.0. The van der Waals surface area contributed by atoms with Gasteiger partial charge in [0.25, 0.3) is 11.7 Å². The number of anilines is 1. The Morgan fingerprint density at radius 3 is 2.61 bits per heavy atom. The average Bonchev–Trinajstić information content (AvgIpc) is 3.34. The molecule has 2 unspecified atom stereocenters. The van der Waals surface area contributed by atoms with Gasteiger partial charge in [-0.05, 0) is 66.9 Å². The van der Waals surface area contributed by atoms with Crippen molar-refractivity contribution in [3.05, 3.63) is 94.8 Å². The van der Waals surface area contributed by atoms with Crippen LogP contribution in [0.5, 0.6) is 5.75 Å². The first-order valence-electron chi connectivity index (χ1n) is 11.1. The van der Waals surface area contributed by atoms with Crippen LogP contribution in [-0.4, -0.2) is 27.9 Å². The summed E-state index contributed by atoms with van der Waals surface area (Å²) in [5.74, 6) is -0.849. The third kappa shape index (κ3) is 3.57. The monoisotopic (exact) mass is 440 g/mol. The fourth-order valence-corrected chi connectivity index (χ4v) is 4.53. The maximum Gasteiger partial charge on any atom is 0.300 e. The summed E-state index contributed by atoms with van der Waals surface area (Å²) in [5.41, 5.74) is 3.69. The van der Waals surface area contributed by atoms with Gasteiger partial charge in [-0.15, -0.1) is 0 Å². The van der Waals surface area contributed by atoms with E-state index in [1.54, 1.807) is 36.5 Å². The molecule has 5 rings (SSSR count). The van der Waals surface area contributed by atoms with E-state index >= 15 is 0 Å². The van der Waals surface area contributed by atoms with E-state index in [0.29, 0.717) is 16.9 Å². The highest BCUT2D eigenvalue weighted by molar-refractivity contribution is 6.51. The van der Waals surface area contributed by atoms with Crippen LogP contribution in [0.25, 0.3) is 5.76 Å². The van der Waals surface area contributed by atoms with E-state index in [9.17, 15) is 14.7 Å². The molecule has 1 aromatic heterocycles. The summed E-state index contributed by atoms with van der Waals surface area (Å²) < 4.78 is 5.75. The molecular weight excluding hydrogens is 416 g/mol. The second-order valence-corrected chi connectivity index (χ2v) is 8.40. The third-order valence-electron chi connectivity index (χ3n) is 6.20. The molecule has 1 amide bonds. The van der Waals surface area contributed by atoms with Gasteiger partial charge in [-0.2, -0.15) is 0 Å². The highest BCUT2D eigenvalue weighted by Gasteiger charge is 2.47. The predicted octanol–water partition coefficient (Wildman–Crippen LogP) is 4.59. The van der Waals surface area contributed by atoms with Crippen LogP contribution < -0.4 is 9.64 Å². The number of nitrogens with zero attached hydrogens (tertiary/aromatic N) is 2. The zero-order valence-corrected chi connectivity index (χ0v) is 18.5. The Morgan fingerprint density at radius 1 is 1.12 bits per heavy atom. The van der Waals surface area contributed by atoms with E-state index in [1.807, 2.05) is 37.3 Å². The average molecular weight is 440 g/mol. The number of ketones is 1. The van der Waals surface area contributed by atoms with Crippen molar-refractivity contribution in [1.29, 1.82) is 0 Å².